The summed E-state index contributed by atoms with van der Waals surface area (Å²) in [5.41, 5.74) is 4.65. The van der Waals surface area contributed by atoms with Crippen LogP contribution >= 0.6 is 0 Å². The molecule has 11 heavy (non-hydrogen) atoms. The molecule has 0 aromatic carbocycles. The van der Waals surface area contributed by atoms with Crippen molar-refractivity contribution in [2.45, 2.75) is 18.6 Å². The van der Waals surface area contributed by atoms with Crippen LogP contribution in [0.15, 0.2) is 23.8 Å². The molecule has 1 rings (SSSR count). The first-order valence-corrected chi connectivity index (χ1v) is 3.21. The molecule has 0 fully saturated rings. The molecule has 4 heteroatoms. The third-order valence-electron chi connectivity index (χ3n) is 1.43. The Hall–Kier alpha value is -0.770. The van der Waals surface area contributed by atoms with Gasteiger partial charge in [0.05, 0.1) is 5.57 Å². The van der Waals surface area contributed by atoms with E-state index in [4.69, 9.17) is 5.73 Å². The molecule has 1 aliphatic carbocycles. The monoisotopic (exact) mass is 163 g/mol. The zero-order valence-electron chi connectivity index (χ0n) is 5.73. The van der Waals surface area contributed by atoms with E-state index in [1.807, 2.05) is 0 Å². The molecule has 0 aliphatic heterocycles. The van der Waals surface area contributed by atoms with Gasteiger partial charge in [0.2, 0.25) is 0 Å². The first-order chi connectivity index (χ1) is 5.00. The molecule has 1 unspecified atom stereocenters. The summed E-state index contributed by atoms with van der Waals surface area (Å²) in [6, 6.07) is -0.489. The first-order valence-electron chi connectivity index (χ1n) is 3.21. The van der Waals surface area contributed by atoms with Crippen molar-refractivity contribution in [2.24, 2.45) is 5.73 Å². The SMILES string of the molecule is NC1C=C(C(F)(F)F)C=CC1. The van der Waals surface area contributed by atoms with Gasteiger partial charge in [-0.15, -0.1) is 0 Å². The minimum Gasteiger partial charge on any atom is -0.324 e. The van der Waals surface area contributed by atoms with Crippen molar-refractivity contribution in [2.75, 3.05) is 0 Å². The molecule has 0 radical (unpaired) electrons. The summed E-state index contributed by atoms with van der Waals surface area (Å²) in [6.45, 7) is 0. The van der Waals surface area contributed by atoms with Crippen molar-refractivity contribution in [3.8, 4) is 0 Å². The Bertz CT molecular complexity index is 202. The van der Waals surface area contributed by atoms with Crippen LogP contribution in [0.4, 0.5) is 13.2 Å². The lowest BCUT2D eigenvalue weighted by Gasteiger charge is -2.14. The molecule has 0 saturated carbocycles. The molecule has 0 spiro atoms. The van der Waals surface area contributed by atoms with Crippen LogP contribution in [0.3, 0.4) is 0 Å². The summed E-state index contributed by atoms with van der Waals surface area (Å²) < 4.78 is 35.8. The Balaban J connectivity index is 2.80. The van der Waals surface area contributed by atoms with Crippen LogP contribution in [0.5, 0.6) is 0 Å². The van der Waals surface area contributed by atoms with Gasteiger partial charge < -0.3 is 5.73 Å². The first kappa shape index (κ1) is 8.33. The molecule has 1 aliphatic rings. The van der Waals surface area contributed by atoms with Gasteiger partial charge in [-0.3, -0.25) is 0 Å². The van der Waals surface area contributed by atoms with Crippen molar-refractivity contribution in [1.82, 2.24) is 0 Å². The van der Waals surface area contributed by atoms with Crippen LogP contribution in [0, 0.1) is 0 Å². The van der Waals surface area contributed by atoms with Crippen LogP contribution in [0.2, 0.25) is 0 Å². The Labute approximate surface area is 62.4 Å². The lowest BCUT2D eigenvalue weighted by atomic mass is 10.0. The summed E-state index contributed by atoms with van der Waals surface area (Å²) in [4.78, 5) is 0. The molecule has 0 heterocycles. The maximum atomic E-state index is 11.9. The van der Waals surface area contributed by atoms with Crippen LogP contribution in [-0.2, 0) is 0 Å². The quantitative estimate of drug-likeness (QED) is 0.578. The van der Waals surface area contributed by atoms with E-state index in [2.05, 4.69) is 0 Å². The number of allylic oxidation sites excluding steroid dienone is 2. The second-order valence-corrected chi connectivity index (χ2v) is 2.42. The lowest BCUT2D eigenvalue weighted by Crippen LogP contribution is -2.22. The second kappa shape index (κ2) is 2.70. The summed E-state index contributed by atoms with van der Waals surface area (Å²) in [6.07, 6.45) is -0.231. The molecule has 1 nitrogen and oxygen atoms in total. The smallest absolute Gasteiger partial charge is 0.324 e. The molecular weight excluding hydrogens is 155 g/mol. The zero-order chi connectivity index (χ0) is 8.48. The van der Waals surface area contributed by atoms with Crippen LogP contribution in [0.1, 0.15) is 6.42 Å². The number of hydrogen-bond acceptors (Lipinski definition) is 1. The lowest BCUT2D eigenvalue weighted by molar-refractivity contribution is -0.0887. The molecular formula is C7H8F3N. The van der Waals surface area contributed by atoms with Gasteiger partial charge in [0.15, 0.2) is 0 Å². The van der Waals surface area contributed by atoms with E-state index >= 15 is 0 Å². The topological polar surface area (TPSA) is 26.0 Å². The highest BCUT2D eigenvalue weighted by molar-refractivity contribution is 5.29. The largest absolute Gasteiger partial charge is 0.416 e. The average Bonchev–Trinajstić information content (AvgIpc) is 1.86. The highest BCUT2D eigenvalue weighted by atomic mass is 19.4. The molecule has 1 atom stereocenters. The highest BCUT2D eigenvalue weighted by Crippen LogP contribution is 2.28. The van der Waals surface area contributed by atoms with Gasteiger partial charge in [-0.2, -0.15) is 13.2 Å². The number of hydrogen-bond donors (Lipinski definition) is 1. The Morgan fingerprint density at radius 3 is 2.45 bits per heavy atom. The number of halogens is 3. The number of alkyl halides is 3. The molecule has 0 amide bonds. The van der Waals surface area contributed by atoms with Crippen molar-refractivity contribution in [1.29, 1.82) is 0 Å². The van der Waals surface area contributed by atoms with Crippen LogP contribution in [0.25, 0.3) is 0 Å². The van der Waals surface area contributed by atoms with Crippen LogP contribution in [-0.4, -0.2) is 12.2 Å². The van der Waals surface area contributed by atoms with Crippen LogP contribution < -0.4 is 5.73 Å². The molecule has 0 aromatic rings. The molecule has 0 saturated heterocycles. The van der Waals surface area contributed by atoms with E-state index in [1.165, 1.54) is 6.08 Å². The van der Waals surface area contributed by atoms with E-state index in [9.17, 15) is 13.2 Å². The van der Waals surface area contributed by atoms with Gasteiger partial charge in [-0.25, -0.2) is 0 Å². The average molecular weight is 163 g/mol. The van der Waals surface area contributed by atoms with Gasteiger partial charge in [-0.1, -0.05) is 18.2 Å². The maximum Gasteiger partial charge on any atom is 0.416 e. The van der Waals surface area contributed by atoms with Gasteiger partial charge in [0.25, 0.3) is 0 Å². The number of rotatable bonds is 0. The van der Waals surface area contributed by atoms with Gasteiger partial charge in [0.1, 0.15) is 0 Å². The molecule has 62 valence electrons. The Morgan fingerprint density at radius 2 is 2.09 bits per heavy atom. The Kier molecular flexibility index (Phi) is 2.04. The zero-order valence-corrected chi connectivity index (χ0v) is 5.73. The minimum atomic E-state index is -4.26. The van der Waals surface area contributed by atoms with Crippen molar-refractivity contribution in [3.63, 3.8) is 0 Å². The van der Waals surface area contributed by atoms with E-state index in [0.717, 1.165) is 12.2 Å². The molecule has 0 aromatic heterocycles. The van der Waals surface area contributed by atoms with Gasteiger partial charge in [0, 0.05) is 6.04 Å². The van der Waals surface area contributed by atoms with Crippen molar-refractivity contribution < 1.29 is 13.2 Å². The fraction of sp³-hybridized carbons (Fsp3) is 0.429. The predicted octanol–water partition coefficient (Wildman–Crippen LogP) is 1.76. The van der Waals surface area contributed by atoms with Crippen molar-refractivity contribution >= 4 is 0 Å². The minimum absolute atomic E-state index is 0.486. The number of nitrogens with two attached hydrogens (primary N) is 1. The molecule has 0 bridgehead atoms. The Morgan fingerprint density at radius 1 is 1.45 bits per heavy atom. The van der Waals surface area contributed by atoms with E-state index in [1.54, 1.807) is 0 Å². The fourth-order valence-electron chi connectivity index (χ4n) is 0.895. The van der Waals surface area contributed by atoms with E-state index in [0.29, 0.717) is 6.42 Å². The third-order valence-corrected chi connectivity index (χ3v) is 1.43. The summed E-state index contributed by atoms with van der Waals surface area (Å²) in [7, 11) is 0. The predicted molar refractivity (Wildman–Crippen MR) is 35.9 cm³/mol. The maximum absolute atomic E-state index is 11.9. The second-order valence-electron chi connectivity index (χ2n) is 2.42. The highest BCUT2D eigenvalue weighted by Gasteiger charge is 2.32. The summed E-state index contributed by atoms with van der Waals surface area (Å²) in [5.74, 6) is 0. The normalized spacial score (nSPS) is 25.1. The van der Waals surface area contributed by atoms with E-state index in [-0.39, 0.29) is 0 Å². The summed E-state index contributed by atoms with van der Waals surface area (Å²) >= 11 is 0. The standard InChI is InChI=1S/C7H8F3N/c8-7(9,10)5-2-1-3-6(11)4-5/h1-2,4,6H,3,11H2. The molecule has 2 N–H and O–H groups in total. The van der Waals surface area contributed by atoms with E-state index < -0.39 is 17.8 Å². The fourth-order valence-corrected chi connectivity index (χ4v) is 0.895. The van der Waals surface area contributed by atoms with Crippen molar-refractivity contribution in [3.05, 3.63) is 23.8 Å². The third kappa shape index (κ3) is 2.08. The van der Waals surface area contributed by atoms with Gasteiger partial charge in [-0.05, 0) is 6.42 Å². The van der Waals surface area contributed by atoms with Gasteiger partial charge >= 0.3 is 6.18 Å². The summed E-state index contributed by atoms with van der Waals surface area (Å²) in [5, 5.41) is 0.